The lowest BCUT2D eigenvalue weighted by atomic mass is 10.0. The van der Waals surface area contributed by atoms with Crippen LogP contribution in [0.4, 0.5) is 0 Å². The van der Waals surface area contributed by atoms with Crippen LogP contribution >= 0.6 is 24.8 Å². The maximum absolute atomic E-state index is 12.2. The quantitative estimate of drug-likeness (QED) is 0.894. The van der Waals surface area contributed by atoms with Gasteiger partial charge in [0.25, 0.3) is 0 Å². The molecule has 0 bridgehead atoms. The van der Waals surface area contributed by atoms with E-state index in [1.54, 1.807) is 7.11 Å². The standard InChI is InChI=1S/C13H22N4O2.2ClH/c1-10-6-15-17(7-10)11-4-3-5-16(8-11)13(18)12(14)9-19-2;;/h6-7,11-12H,3-5,8-9,14H2,1-2H3;2*1H. The van der Waals surface area contributed by atoms with Crippen LogP contribution < -0.4 is 5.73 Å². The number of carbonyl (C=O) groups excluding carboxylic acids is 1. The molecule has 0 aromatic carbocycles. The van der Waals surface area contributed by atoms with Crippen LogP contribution in [0.15, 0.2) is 12.4 Å². The minimum atomic E-state index is -0.567. The first kappa shape index (κ1) is 20.2. The van der Waals surface area contributed by atoms with E-state index >= 15 is 0 Å². The molecule has 2 atom stereocenters. The monoisotopic (exact) mass is 338 g/mol. The molecule has 2 unspecified atom stereocenters. The van der Waals surface area contributed by atoms with E-state index in [1.807, 2.05) is 28.9 Å². The lowest BCUT2D eigenvalue weighted by Gasteiger charge is -2.34. The number of ether oxygens (including phenoxy) is 1. The van der Waals surface area contributed by atoms with Crippen molar-refractivity contribution >= 4 is 30.7 Å². The van der Waals surface area contributed by atoms with Crippen molar-refractivity contribution in [2.75, 3.05) is 26.8 Å². The Labute approximate surface area is 137 Å². The summed E-state index contributed by atoms with van der Waals surface area (Å²) in [6.45, 7) is 3.73. The van der Waals surface area contributed by atoms with Crippen LogP contribution in [-0.4, -0.2) is 53.4 Å². The molecule has 1 aromatic heterocycles. The zero-order valence-electron chi connectivity index (χ0n) is 12.4. The molecule has 122 valence electrons. The summed E-state index contributed by atoms with van der Waals surface area (Å²) in [6.07, 6.45) is 5.89. The second-order valence-corrected chi connectivity index (χ2v) is 5.14. The van der Waals surface area contributed by atoms with Gasteiger partial charge in [-0.25, -0.2) is 0 Å². The topological polar surface area (TPSA) is 73.4 Å². The normalized spacial score (nSPS) is 19.4. The molecular weight excluding hydrogens is 315 g/mol. The van der Waals surface area contributed by atoms with Gasteiger partial charge in [-0.15, -0.1) is 24.8 Å². The molecule has 1 amide bonds. The summed E-state index contributed by atoms with van der Waals surface area (Å²) in [5.41, 5.74) is 6.95. The van der Waals surface area contributed by atoms with Crippen LogP contribution in [0.3, 0.4) is 0 Å². The fraction of sp³-hybridized carbons (Fsp3) is 0.692. The van der Waals surface area contributed by atoms with E-state index in [-0.39, 0.29) is 43.4 Å². The lowest BCUT2D eigenvalue weighted by molar-refractivity contribution is -0.135. The van der Waals surface area contributed by atoms with Gasteiger partial charge in [-0.2, -0.15) is 5.10 Å². The maximum atomic E-state index is 12.2. The third-order valence-electron chi connectivity index (χ3n) is 3.48. The van der Waals surface area contributed by atoms with Crippen LogP contribution in [-0.2, 0) is 9.53 Å². The van der Waals surface area contributed by atoms with E-state index in [9.17, 15) is 4.79 Å². The predicted molar refractivity (Wildman–Crippen MR) is 86.2 cm³/mol. The Bertz CT molecular complexity index is 442. The molecule has 2 N–H and O–H groups in total. The van der Waals surface area contributed by atoms with Crippen LogP contribution in [0, 0.1) is 6.92 Å². The summed E-state index contributed by atoms with van der Waals surface area (Å²) in [7, 11) is 1.55. The Morgan fingerprint density at radius 3 is 2.86 bits per heavy atom. The van der Waals surface area contributed by atoms with Crippen LogP contribution in [0.2, 0.25) is 0 Å². The smallest absolute Gasteiger partial charge is 0.241 e. The van der Waals surface area contributed by atoms with Crippen molar-refractivity contribution < 1.29 is 9.53 Å². The highest BCUT2D eigenvalue weighted by molar-refractivity contribution is 5.85. The van der Waals surface area contributed by atoms with E-state index in [0.29, 0.717) is 6.54 Å². The summed E-state index contributed by atoms with van der Waals surface area (Å²) >= 11 is 0. The molecule has 0 aliphatic carbocycles. The molecule has 6 nitrogen and oxygen atoms in total. The van der Waals surface area contributed by atoms with Crippen molar-refractivity contribution in [3.8, 4) is 0 Å². The van der Waals surface area contributed by atoms with Gasteiger partial charge < -0.3 is 15.4 Å². The van der Waals surface area contributed by atoms with Crippen LogP contribution in [0.25, 0.3) is 0 Å². The fourth-order valence-electron chi connectivity index (χ4n) is 2.49. The SMILES string of the molecule is COCC(N)C(=O)N1CCCC(n2cc(C)cn2)C1.Cl.Cl. The van der Waals surface area contributed by atoms with Gasteiger partial charge in [0.05, 0.1) is 18.8 Å². The van der Waals surface area contributed by atoms with Gasteiger partial charge >= 0.3 is 0 Å². The van der Waals surface area contributed by atoms with Gasteiger partial charge in [0.1, 0.15) is 6.04 Å². The van der Waals surface area contributed by atoms with Crippen LogP contribution in [0.1, 0.15) is 24.4 Å². The minimum Gasteiger partial charge on any atom is -0.383 e. The second-order valence-electron chi connectivity index (χ2n) is 5.14. The van der Waals surface area contributed by atoms with Gasteiger partial charge in [0.2, 0.25) is 5.91 Å². The van der Waals surface area contributed by atoms with E-state index < -0.39 is 6.04 Å². The molecule has 1 aromatic rings. The summed E-state index contributed by atoms with van der Waals surface area (Å²) in [5, 5.41) is 4.34. The molecule has 0 radical (unpaired) electrons. The highest BCUT2D eigenvalue weighted by atomic mass is 35.5. The molecule has 1 aliphatic heterocycles. The van der Waals surface area contributed by atoms with Gasteiger partial charge in [0.15, 0.2) is 0 Å². The van der Waals surface area contributed by atoms with Crippen molar-refractivity contribution in [3.05, 3.63) is 18.0 Å². The average molecular weight is 339 g/mol. The van der Waals surface area contributed by atoms with E-state index in [1.165, 1.54) is 0 Å². The number of halogens is 2. The van der Waals surface area contributed by atoms with E-state index in [2.05, 4.69) is 5.10 Å². The third kappa shape index (κ3) is 5.14. The molecular formula is C13H24Cl2N4O2. The molecule has 1 aliphatic rings. The first-order valence-corrected chi connectivity index (χ1v) is 6.66. The zero-order chi connectivity index (χ0) is 13.8. The molecule has 21 heavy (non-hydrogen) atoms. The summed E-state index contributed by atoms with van der Waals surface area (Å²) in [4.78, 5) is 14.0. The van der Waals surface area contributed by atoms with Gasteiger partial charge in [0, 0.05) is 26.4 Å². The number of piperidine rings is 1. The van der Waals surface area contributed by atoms with Crippen LogP contribution in [0.5, 0.6) is 0 Å². The highest BCUT2D eigenvalue weighted by Gasteiger charge is 2.28. The molecule has 1 fully saturated rings. The number of amides is 1. The average Bonchev–Trinajstić information content (AvgIpc) is 2.85. The number of methoxy groups -OCH3 is 1. The molecule has 0 spiro atoms. The number of hydrogen-bond donors (Lipinski definition) is 1. The van der Waals surface area contributed by atoms with Crippen molar-refractivity contribution in [2.45, 2.75) is 31.8 Å². The Morgan fingerprint density at radius 1 is 1.57 bits per heavy atom. The Balaban J connectivity index is 0.00000200. The Kier molecular flexibility index (Phi) is 8.89. The highest BCUT2D eigenvalue weighted by Crippen LogP contribution is 2.21. The molecule has 2 rings (SSSR count). The number of rotatable bonds is 4. The van der Waals surface area contributed by atoms with Crippen molar-refractivity contribution in [1.29, 1.82) is 0 Å². The largest absolute Gasteiger partial charge is 0.383 e. The summed E-state index contributed by atoms with van der Waals surface area (Å²) in [6, 6.07) is -0.316. The molecule has 1 saturated heterocycles. The summed E-state index contributed by atoms with van der Waals surface area (Å²) in [5.74, 6) is -0.0320. The number of aromatic nitrogens is 2. The van der Waals surface area contributed by atoms with Gasteiger partial charge in [-0.3, -0.25) is 9.48 Å². The molecule has 2 heterocycles. The first-order chi connectivity index (χ1) is 9.11. The lowest BCUT2D eigenvalue weighted by Crippen LogP contribution is -2.50. The predicted octanol–water partition coefficient (Wildman–Crippen LogP) is 1.17. The third-order valence-corrected chi connectivity index (χ3v) is 3.48. The Morgan fingerprint density at radius 2 is 2.29 bits per heavy atom. The fourth-order valence-corrected chi connectivity index (χ4v) is 2.49. The molecule has 8 heteroatoms. The molecule has 0 saturated carbocycles. The maximum Gasteiger partial charge on any atom is 0.241 e. The van der Waals surface area contributed by atoms with Crippen molar-refractivity contribution in [1.82, 2.24) is 14.7 Å². The number of nitrogens with zero attached hydrogens (tertiary/aromatic N) is 3. The Hall–Kier alpha value is -0.820. The summed E-state index contributed by atoms with van der Waals surface area (Å²) < 4.78 is 6.90. The number of likely N-dealkylation sites (tertiary alicyclic amines) is 1. The van der Waals surface area contributed by atoms with Crippen molar-refractivity contribution in [2.24, 2.45) is 5.73 Å². The van der Waals surface area contributed by atoms with Crippen molar-refractivity contribution in [3.63, 3.8) is 0 Å². The number of nitrogens with two attached hydrogens (primary N) is 1. The van der Waals surface area contributed by atoms with E-state index in [0.717, 1.165) is 24.9 Å². The number of aryl methyl sites for hydroxylation is 1. The minimum absolute atomic E-state index is 0. The number of carbonyl (C=O) groups is 1. The second kappa shape index (κ2) is 9.25. The van der Waals surface area contributed by atoms with Gasteiger partial charge in [-0.1, -0.05) is 0 Å². The number of hydrogen-bond acceptors (Lipinski definition) is 4. The van der Waals surface area contributed by atoms with E-state index in [4.69, 9.17) is 10.5 Å². The zero-order valence-corrected chi connectivity index (χ0v) is 14.0. The first-order valence-electron chi connectivity index (χ1n) is 6.66. The van der Waals surface area contributed by atoms with Gasteiger partial charge in [-0.05, 0) is 25.3 Å².